The molecule has 112 valence electrons. The van der Waals surface area contributed by atoms with Crippen LogP contribution in [-0.4, -0.2) is 27.8 Å². The van der Waals surface area contributed by atoms with E-state index in [9.17, 15) is 4.79 Å². The van der Waals surface area contributed by atoms with Crippen molar-refractivity contribution in [3.05, 3.63) is 16.9 Å². The second-order valence-corrected chi connectivity index (χ2v) is 6.07. The van der Waals surface area contributed by atoms with Crippen LogP contribution < -0.4 is 11.1 Å². The number of nitrogens with zero attached hydrogens (tertiary/aromatic N) is 2. The van der Waals surface area contributed by atoms with Crippen molar-refractivity contribution in [1.29, 1.82) is 0 Å². The second-order valence-electron chi connectivity index (χ2n) is 5.67. The van der Waals surface area contributed by atoms with Crippen LogP contribution in [0.4, 0.5) is 0 Å². The Kier molecular flexibility index (Phi) is 4.70. The van der Waals surface area contributed by atoms with Gasteiger partial charge in [-0.2, -0.15) is 5.10 Å². The van der Waals surface area contributed by atoms with Gasteiger partial charge in [-0.25, -0.2) is 0 Å². The van der Waals surface area contributed by atoms with Gasteiger partial charge in [-0.15, -0.1) is 0 Å². The van der Waals surface area contributed by atoms with Crippen LogP contribution in [0.15, 0.2) is 6.20 Å². The molecule has 6 heteroatoms. The third-order valence-electron chi connectivity index (χ3n) is 4.14. The Morgan fingerprint density at radius 2 is 2.45 bits per heavy atom. The van der Waals surface area contributed by atoms with Gasteiger partial charge < -0.3 is 11.1 Å². The summed E-state index contributed by atoms with van der Waals surface area (Å²) in [5, 5.41) is 8.47. The molecule has 2 unspecified atom stereocenters. The molecule has 5 nitrogen and oxygen atoms in total. The number of halogens is 1. The van der Waals surface area contributed by atoms with Gasteiger partial charge in [0.05, 0.1) is 22.3 Å². The van der Waals surface area contributed by atoms with Gasteiger partial charge in [0.2, 0.25) is 5.91 Å². The summed E-state index contributed by atoms with van der Waals surface area (Å²) in [6, 6.07) is 0.173. The fourth-order valence-electron chi connectivity index (χ4n) is 2.95. The predicted molar refractivity (Wildman–Crippen MR) is 79.7 cm³/mol. The lowest BCUT2D eigenvalue weighted by molar-refractivity contribution is -0.126. The van der Waals surface area contributed by atoms with Gasteiger partial charge in [0.15, 0.2) is 0 Å². The number of aryl methyl sites for hydroxylation is 1. The quantitative estimate of drug-likeness (QED) is 0.875. The van der Waals surface area contributed by atoms with Crippen molar-refractivity contribution >= 4 is 17.5 Å². The van der Waals surface area contributed by atoms with Crippen LogP contribution in [0.25, 0.3) is 0 Å². The number of carbonyl (C=O) groups is 1. The van der Waals surface area contributed by atoms with E-state index in [4.69, 9.17) is 17.3 Å². The molecule has 2 rings (SSSR count). The first kappa shape index (κ1) is 15.3. The summed E-state index contributed by atoms with van der Waals surface area (Å²) >= 11 is 6.08. The van der Waals surface area contributed by atoms with Crippen molar-refractivity contribution in [1.82, 2.24) is 15.1 Å². The second kappa shape index (κ2) is 6.14. The monoisotopic (exact) mass is 298 g/mol. The number of carbonyl (C=O) groups excluding carboxylic acids is 1. The largest absolute Gasteiger partial charge is 0.368 e. The molecule has 1 aliphatic carbocycles. The molecule has 1 saturated carbocycles. The molecule has 20 heavy (non-hydrogen) atoms. The summed E-state index contributed by atoms with van der Waals surface area (Å²) in [6.07, 6.45) is 6.26. The summed E-state index contributed by atoms with van der Waals surface area (Å²) < 4.78 is 1.89. The van der Waals surface area contributed by atoms with Crippen molar-refractivity contribution in [2.75, 3.05) is 6.54 Å². The normalized spacial score (nSPS) is 26.6. The molecule has 1 fully saturated rings. The summed E-state index contributed by atoms with van der Waals surface area (Å²) in [5.74, 6) is -0.259. The lowest BCUT2D eigenvalue weighted by atomic mass is 9.78. The third-order valence-corrected chi connectivity index (χ3v) is 4.51. The molecule has 0 bridgehead atoms. The van der Waals surface area contributed by atoms with Gasteiger partial charge in [-0.05, 0) is 45.6 Å². The SMILES string of the molecule is CCCNC1(C(N)=O)CCCC(n2cc(Cl)c(C)n2)C1. The molecule has 1 aliphatic rings. The molecule has 1 aromatic heterocycles. The first-order valence-corrected chi connectivity index (χ1v) is 7.62. The highest BCUT2D eigenvalue weighted by molar-refractivity contribution is 6.31. The lowest BCUT2D eigenvalue weighted by Gasteiger charge is -2.39. The molecule has 0 saturated heterocycles. The van der Waals surface area contributed by atoms with E-state index in [1.807, 2.05) is 17.8 Å². The molecule has 0 aromatic carbocycles. The van der Waals surface area contributed by atoms with Crippen LogP contribution in [-0.2, 0) is 4.79 Å². The average molecular weight is 299 g/mol. The number of hydrogen-bond acceptors (Lipinski definition) is 3. The zero-order valence-corrected chi connectivity index (χ0v) is 12.9. The fourth-order valence-corrected chi connectivity index (χ4v) is 3.09. The average Bonchev–Trinajstić information content (AvgIpc) is 2.76. The molecular formula is C14H23ClN4O. The van der Waals surface area contributed by atoms with E-state index in [1.165, 1.54) is 0 Å². The molecular weight excluding hydrogens is 276 g/mol. The van der Waals surface area contributed by atoms with Crippen LogP contribution in [0.2, 0.25) is 5.02 Å². The van der Waals surface area contributed by atoms with Gasteiger partial charge in [0, 0.05) is 6.20 Å². The van der Waals surface area contributed by atoms with Crippen molar-refractivity contribution in [2.45, 2.75) is 57.5 Å². The summed E-state index contributed by atoms with van der Waals surface area (Å²) in [7, 11) is 0. The molecule has 1 heterocycles. The lowest BCUT2D eigenvalue weighted by Crippen LogP contribution is -2.58. The van der Waals surface area contributed by atoms with E-state index in [1.54, 1.807) is 0 Å². The van der Waals surface area contributed by atoms with E-state index in [0.717, 1.165) is 37.9 Å². The highest BCUT2D eigenvalue weighted by Crippen LogP contribution is 2.36. The molecule has 0 aliphatic heterocycles. The number of amides is 1. The maximum absolute atomic E-state index is 11.9. The molecule has 3 N–H and O–H groups in total. The number of primary amides is 1. The summed E-state index contributed by atoms with van der Waals surface area (Å²) in [5.41, 5.74) is 5.88. The Hall–Kier alpha value is -1.07. The van der Waals surface area contributed by atoms with Crippen molar-refractivity contribution in [3.63, 3.8) is 0 Å². The summed E-state index contributed by atoms with van der Waals surface area (Å²) in [4.78, 5) is 11.9. The van der Waals surface area contributed by atoms with E-state index < -0.39 is 5.54 Å². The Balaban J connectivity index is 2.19. The maximum atomic E-state index is 11.9. The van der Waals surface area contributed by atoms with Gasteiger partial charge in [0.1, 0.15) is 0 Å². The topological polar surface area (TPSA) is 72.9 Å². The van der Waals surface area contributed by atoms with Crippen LogP contribution in [0, 0.1) is 6.92 Å². The fraction of sp³-hybridized carbons (Fsp3) is 0.714. The minimum Gasteiger partial charge on any atom is -0.368 e. The van der Waals surface area contributed by atoms with Gasteiger partial charge in [0.25, 0.3) is 0 Å². The highest BCUT2D eigenvalue weighted by Gasteiger charge is 2.41. The van der Waals surface area contributed by atoms with Gasteiger partial charge in [-0.1, -0.05) is 18.5 Å². The number of aromatic nitrogens is 2. The Bertz CT molecular complexity index is 468. The number of nitrogens with one attached hydrogen (secondary N) is 1. The molecule has 0 spiro atoms. The van der Waals surface area contributed by atoms with Gasteiger partial charge in [-0.3, -0.25) is 9.48 Å². The van der Waals surface area contributed by atoms with E-state index >= 15 is 0 Å². The molecule has 2 atom stereocenters. The minimum atomic E-state index is -0.606. The van der Waals surface area contributed by atoms with Crippen LogP contribution in [0.1, 0.15) is 50.8 Å². The Morgan fingerprint density at radius 3 is 3.00 bits per heavy atom. The number of rotatable bonds is 5. The van der Waals surface area contributed by atoms with E-state index in [-0.39, 0.29) is 11.9 Å². The minimum absolute atomic E-state index is 0.173. The standard InChI is InChI=1S/C14H23ClN4O/c1-3-7-17-14(13(16)20)6-4-5-11(8-14)19-9-12(15)10(2)18-19/h9,11,17H,3-8H2,1-2H3,(H2,16,20). The smallest absolute Gasteiger partial charge is 0.237 e. The van der Waals surface area contributed by atoms with Crippen molar-refractivity contribution in [3.8, 4) is 0 Å². The zero-order valence-electron chi connectivity index (χ0n) is 12.2. The maximum Gasteiger partial charge on any atom is 0.237 e. The zero-order chi connectivity index (χ0) is 14.8. The van der Waals surface area contributed by atoms with Gasteiger partial charge >= 0.3 is 0 Å². The predicted octanol–water partition coefficient (Wildman–Crippen LogP) is 2.18. The Morgan fingerprint density at radius 1 is 1.70 bits per heavy atom. The molecule has 1 amide bonds. The van der Waals surface area contributed by atoms with Crippen molar-refractivity contribution in [2.24, 2.45) is 5.73 Å². The first-order valence-electron chi connectivity index (χ1n) is 7.24. The van der Waals surface area contributed by atoms with Crippen LogP contribution in [0.5, 0.6) is 0 Å². The number of hydrogen-bond donors (Lipinski definition) is 2. The first-order chi connectivity index (χ1) is 9.48. The van der Waals surface area contributed by atoms with Crippen LogP contribution >= 0.6 is 11.6 Å². The van der Waals surface area contributed by atoms with E-state index in [2.05, 4.69) is 17.3 Å². The number of nitrogens with two attached hydrogens (primary N) is 1. The van der Waals surface area contributed by atoms with Crippen molar-refractivity contribution < 1.29 is 4.79 Å². The summed E-state index contributed by atoms with van der Waals surface area (Å²) in [6.45, 7) is 4.77. The molecule has 1 aromatic rings. The molecule has 0 radical (unpaired) electrons. The highest BCUT2D eigenvalue weighted by atomic mass is 35.5. The van der Waals surface area contributed by atoms with Crippen LogP contribution in [0.3, 0.4) is 0 Å². The Labute approximate surface area is 124 Å². The van der Waals surface area contributed by atoms with E-state index in [0.29, 0.717) is 11.4 Å². The third kappa shape index (κ3) is 2.99.